The molecule has 0 fully saturated rings. The van der Waals surface area contributed by atoms with Crippen LogP contribution in [0, 0.1) is 0 Å². The first-order valence-electron chi connectivity index (χ1n) is 18.4. The normalized spacial score (nSPS) is 16.1. The van der Waals surface area contributed by atoms with Crippen LogP contribution in [0.15, 0.2) is 0 Å². The van der Waals surface area contributed by atoms with Crippen LogP contribution in [-0.2, 0) is 9.53 Å². The number of rotatable bonds is 33. The SMILES string of the molecule is CCCCCCCCCCCCOC(=O)CC[N+](C)(CCO)CC[N+](C)(CCO)CC[N+](C)(CCO)CC[N+](C)(CCO)CCO. The Morgan fingerprint density at radius 2 is 0.717 bits per heavy atom. The molecule has 0 rings (SSSR count). The summed E-state index contributed by atoms with van der Waals surface area (Å²) in [6, 6.07) is 0. The number of likely N-dealkylation sites (N-methyl/N-ethyl adjacent to an activating group) is 4. The maximum absolute atomic E-state index is 12.6. The molecule has 0 aromatic carbocycles. The van der Waals surface area contributed by atoms with Crippen LogP contribution < -0.4 is 0 Å². The molecule has 0 spiro atoms. The van der Waals surface area contributed by atoms with Gasteiger partial charge in [-0.2, -0.15) is 0 Å². The first-order valence-corrected chi connectivity index (χ1v) is 18.4. The van der Waals surface area contributed by atoms with Crippen molar-refractivity contribution in [1.29, 1.82) is 0 Å². The Balaban J connectivity index is 4.89. The standard InChI is InChI=1S/C35H78N4O7/c1-6-7-8-9-10-11-12-13-14-15-34-46-35(45)16-17-36(2,24-29-40)18-19-37(3,25-30-41)20-21-38(4,26-31-42)22-23-39(5,27-32-43)28-33-44/h40-44H,6-34H2,1-5H3/q+4. The molecule has 0 aliphatic rings. The molecule has 0 aliphatic carbocycles. The number of hydrogen-bond acceptors (Lipinski definition) is 7. The summed E-state index contributed by atoms with van der Waals surface area (Å²) < 4.78 is 8.00. The van der Waals surface area contributed by atoms with Gasteiger partial charge in [0.2, 0.25) is 0 Å². The second-order valence-electron chi connectivity index (χ2n) is 14.9. The van der Waals surface area contributed by atoms with E-state index in [1.807, 2.05) is 0 Å². The third-order valence-electron chi connectivity index (χ3n) is 10.4. The first-order chi connectivity index (χ1) is 21.9. The lowest BCUT2D eigenvalue weighted by molar-refractivity contribution is -0.995. The van der Waals surface area contributed by atoms with Gasteiger partial charge in [-0.15, -0.1) is 0 Å². The van der Waals surface area contributed by atoms with Crippen LogP contribution in [0.5, 0.6) is 0 Å². The van der Waals surface area contributed by atoms with E-state index in [1.54, 1.807) is 0 Å². The molecular weight excluding hydrogens is 588 g/mol. The molecule has 11 nitrogen and oxygen atoms in total. The third-order valence-corrected chi connectivity index (χ3v) is 10.4. The first kappa shape index (κ1) is 45.1. The van der Waals surface area contributed by atoms with Gasteiger partial charge < -0.3 is 48.2 Å². The number of aliphatic hydroxyl groups is 5. The molecule has 0 saturated heterocycles. The van der Waals surface area contributed by atoms with Crippen molar-refractivity contribution in [2.24, 2.45) is 0 Å². The number of esters is 1. The third kappa shape index (κ3) is 21.9. The van der Waals surface area contributed by atoms with Crippen LogP contribution in [0.2, 0.25) is 0 Å². The van der Waals surface area contributed by atoms with E-state index in [2.05, 4.69) is 35.1 Å². The number of nitrogens with zero attached hydrogens (tertiary/aromatic N) is 4. The highest BCUT2D eigenvalue weighted by atomic mass is 16.5. The summed E-state index contributed by atoms with van der Waals surface area (Å²) >= 11 is 0. The topological polar surface area (TPSA) is 127 Å². The molecule has 0 aliphatic heterocycles. The Bertz CT molecular complexity index is 744. The van der Waals surface area contributed by atoms with Gasteiger partial charge in [-0.25, -0.2) is 0 Å². The Labute approximate surface area is 282 Å². The maximum atomic E-state index is 12.6. The molecule has 5 N–H and O–H groups in total. The number of hydrogen-bond donors (Lipinski definition) is 5. The monoisotopic (exact) mass is 667 g/mol. The molecule has 0 aromatic rings. The summed E-state index contributed by atoms with van der Waals surface area (Å²) in [4.78, 5) is 12.6. The number of carbonyl (C=O) groups is 1. The molecule has 0 heterocycles. The fourth-order valence-corrected chi connectivity index (χ4v) is 6.21. The average molecular weight is 667 g/mol. The summed E-state index contributed by atoms with van der Waals surface area (Å²) in [6.07, 6.45) is 12.8. The highest BCUT2D eigenvalue weighted by Gasteiger charge is 2.34. The van der Waals surface area contributed by atoms with E-state index in [4.69, 9.17) is 4.74 Å². The minimum absolute atomic E-state index is 0.0397. The van der Waals surface area contributed by atoms with Crippen molar-refractivity contribution in [3.8, 4) is 0 Å². The van der Waals surface area contributed by atoms with Crippen molar-refractivity contribution in [2.75, 3.05) is 146 Å². The lowest BCUT2D eigenvalue weighted by Gasteiger charge is -2.43. The summed E-state index contributed by atoms with van der Waals surface area (Å²) in [7, 11) is 8.44. The summed E-state index contributed by atoms with van der Waals surface area (Å²) in [5, 5.41) is 48.8. The summed E-state index contributed by atoms with van der Waals surface area (Å²) in [5.41, 5.74) is 0. The molecule has 0 bridgehead atoms. The van der Waals surface area contributed by atoms with E-state index in [1.165, 1.54) is 51.4 Å². The van der Waals surface area contributed by atoms with Gasteiger partial charge in [-0.05, 0) is 6.42 Å². The number of unbranched alkanes of at least 4 members (excludes halogenated alkanes) is 9. The second-order valence-corrected chi connectivity index (χ2v) is 14.9. The predicted octanol–water partition coefficient (Wildman–Crippen LogP) is 1.59. The van der Waals surface area contributed by atoms with Gasteiger partial charge in [-0.3, -0.25) is 4.79 Å². The summed E-state index contributed by atoms with van der Waals surface area (Å²) in [6.45, 7) is 11.3. The lowest BCUT2D eigenvalue weighted by Crippen LogP contribution is -2.62. The quantitative estimate of drug-likeness (QED) is 0.0409. The van der Waals surface area contributed by atoms with Crippen molar-refractivity contribution >= 4 is 5.97 Å². The van der Waals surface area contributed by atoms with Crippen LogP contribution in [-0.4, -0.2) is 196 Å². The van der Waals surface area contributed by atoms with E-state index in [0.717, 1.165) is 52.1 Å². The van der Waals surface area contributed by atoms with Crippen LogP contribution in [0.4, 0.5) is 0 Å². The van der Waals surface area contributed by atoms with Gasteiger partial charge in [0.05, 0.1) is 80.8 Å². The van der Waals surface area contributed by atoms with E-state index < -0.39 is 0 Å². The van der Waals surface area contributed by atoms with Crippen molar-refractivity contribution in [2.45, 2.75) is 77.6 Å². The highest BCUT2D eigenvalue weighted by molar-refractivity contribution is 5.69. The highest BCUT2D eigenvalue weighted by Crippen LogP contribution is 2.14. The predicted molar refractivity (Wildman–Crippen MR) is 186 cm³/mol. The van der Waals surface area contributed by atoms with Gasteiger partial charge in [0.15, 0.2) is 0 Å². The number of carbonyl (C=O) groups excluding carboxylic acids is 1. The molecule has 276 valence electrons. The van der Waals surface area contributed by atoms with Crippen molar-refractivity contribution in [3.05, 3.63) is 0 Å². The molecule has 46 heavy (non-hydrogen) atoms. The van der Waals surface area contributed by atoms with Gasteiger partial charge >= 0.3 is 5.97 Å². The molecule has 0 saturated carbocycles. The number of quaternary nitrogens is 4. The van der Waals surface area contributed by atoms with Crippen LogP contribution in [0.25, 0.3) is 0 Å². The number of ether oxygens (including phenoxy) is 1. The molecule has 3 unspecified atom stereocenters. The fraction of sp³-hybridized carbons (Fsp3) is 0.971. The van der Waals surface area contributed by atoms with Crippen LogP contribution >= 0.6 is 0 Å². The largest absolute Gasteiger partial charge is 0.466 e. The molecular formula is C35H78N4O7+4. The van der Waals surface area contributed by atoms with Crippen LogP contribution in [0.1, 0.15) is 77.6 Å². The zero-order valence-electron chi connectivity index (χ0n) is 30.8. The van der Waals surface area contributed by atoms with E-state index in [9.17, 15) is 30.3 Å². The molecule has 0 aromatic heterocycles. The summed E-state index contributed by atoms with van der Waals surface area (Å²) in [5.74, 6) is -0.171. The van der Waals surface area contributed by atoms with Gasteiger partial charge in [0.1, 0.15) is 72.0 Å². The van der Waals surface area contributed by atoms with Crippen molar-refractivity contribution < 1.29 is 53.0 Å². The van der Waals surface area contributed by atoms with Crippen molar-refractivity contribution in [3.63, 3.8) is 0 Å². The van der Waals surface area contributed by atoms with E-state index in [-0.39, 0.29) is 39.0 Å². The molecule has 11 heteroatoms. The van der Waals surface area contributed by atoms with E-state index in [0.29, 0.717) is 70.2 Å². The second kappa shape index (κ2) is 26.0. The smallest absolute Gasteiger partial charge is 0.311 e. The maximum Gasteiger partial charge on any atom is 0.311 e. The molecule has 0 radical (unpaired) electrons. The Kier molecular flexibility index (Phi) is 25.5. The van der Waals surface area contributed by atoms with Crippen molar-refractivity contribution in [1.82, 2.24) is 0 Å². The Hall–Kier alpha value is -0.890. The van der Waals surface area contributed by atoms with Crippen LogP contribution in [0.3, 0.4) is 0 Å². The molecule has 3 atom stereocenters. The zero-order valence-corrected chi connectivity index (χ0v) is 30.8. The lowest BCUT2D eigenvalue weighted by atomic mass is 10.1. The minimum atomic E-state index is -0.171. The van der Waals surface area contributed by atoms with E-state index >= 15 is 0 Å². The number of aliphatic hydroxyl groups excluding tert-OH is 5. The average Bonchev–Trinajstić information content (AvgIpc) is 3.01. The van der Waals surface area contributed by atoms with Gasteiger partial charge in [0, 0.05) is 0 Å². The van der Waals surface area contributed by atoms with Gasteiger partial charge in [0.25, 0.3) is 0 Å². The Morgan fingerprint density at radius 3 is 1.04 bits per heavy atom. The zero-order chi connectivity index (χ0) is 34.8. The fourth-order valence-electron chi connectivity index (χ4n) is 6.21. The molecule has 0 amide bonds. The van der Waals surface area contributed by atoms with Gasteiger partial charge in [-0.1, -0.05) is 64.7 Å². The minimum Gasteiger partial charge on any atom is -0.466 e. The Morgan fingerprint density at radius 1 is 0.435 bits per heavy atom.